The maximum atomic E-state index is 12.0. The summed E-state index contributed by atoms with van der Waals surface area (Å²) >= 11 is 0. The van der Waals surface area contributed by atoms with Gasteiger partial charge >= 0.3 is 0 Å². The first kappa shape index (κ1) is 13.3. The molecule has 1 aromatic carbocycles. The third-order valence-corrected chi connectivity index (χ3v) is 2.96. The number of amides is 1. The molecule has 0 aliphatic rings. The molecular formula is C15H19N3O. The summed E-state index contributed by atoms with van der Waals surface area (Å²) in [7, 11) is 0. The van der Waals surface area contributed by atoms with Crippen LogP contribution in [0.2, 0.25) is 0 Å². The average molecular weight is 257 g/mol. The number of H-pyrrole nitrogens is 1. The molecule has 1 heterocycles. The number of aromatic amines is 1. The van der Waals surface area contributed by atoms with E-state index in [1.54, 1.807) is 0 Å². The number of benzene rings is 1. The van der Waals surface area contributed by atoms with Crippen molar-refractivity contribution in [2.75, 3.05) is 5.32 Å². The summed E-state index contributed by atoms with van der Waals surface area (Å²) in [5.41, 5.74) is 3.76. The molecule has 4 heteroatoms. The van der Waals surface area contributed by atoms with Crippen LogP contribution in [0.3, 0.4) is 0 Å². The first-order valence-corrected chi connectivity index (χ1v) is 6.46. The Balaban J connectivity index is 2.07. The molecule has 2 aromatic rings. The zero-order valence-electron chi connectivity index (χ0n) is 11.5. The standard InChI is InChI=1S/C15H19N3O/c1-10(2)13-6-4-5-7-14(13)16-15(19)9-12-8-11(3)17-18-12/h4-8,10H,9H2,1-3H3,(H,16,19)(H,17,18). The van der Waals surface area contributed by atoms with Crippen molar-refractivity contribution in [2.45, 2.75) is 33.1 Å². The van der Waals surface area contributed by atoms with E-state index in [0.29, 0.717) is 5.92 Å². The van der Waals surface area contributed by atoms with Gasteiger partial charge in [0.05, 0.1) is 12.1 Å². The fourth-order valence-electron chi connectivity index (χ4n) is 2.04. The van der Waals surface area contributed by atoms with Crippen molar-refractivity contribution in [1.82, 2.24) is 10.2 Å². The second-order valence-electron chi connectivity index (χ2n) is 5.01. The Labute approximate surface area is 113 Å². The Hall–Kier alpha value is -2.10. The van der Waals surface area contributed by atoms with Gasteiger partial charge < -0.3 is 5.32 Å². The highest BCUT2D eigenvalue weighted by Crippen LogP contribution is 2.23. The molecule has 0 spiro atoms. The number of nitrogens with zero attached hydrogens (tertiary/aromatic N) is 1. The van der Waals surface area contributed by atoms with Gasteiger partial charge in [-0.2, -0.15) is 5.10 Å². The number of carbonyl (C=O) groups excluding carboxylic acids is 1. The van der Waals surface area contributed by atoms with Crippen molar-refractivity contribution in [3.8, 4) is 0 Å². The number of para-hydroxylation sites is 1. The molecule has 0 fully saturated rings. The van der Waals surface area contributed by atoms with E-state index < -0.39 is 0 Å². The number of carbonyl (C=O) groups is 1. The molecule has 4 nitrogen and oxygen atoms in total. The molecule has 1 aromatic heterocycles. The van der Waals surface area contributed by atoms with Gasteiger partial charge in [0.1, 0.15) is 0 Å². The van der Waals surface area contributed by atoms with E-state index in [4.69, 9.17) is 0 Å². The van der Waals surface area contributed by atoms with Crippen molar-refractivity contribution < 1.29 is 4.79 Å². The van der Waals surface area contributed by atoms with Gasteiger partial charge in [0.25, 0.3) is 0 Å². The van der Waals surface area contributed by atoms with Crippen LogP contribution < -0.4 is 5.32 Å². The highest BCUT2D eigenvalue weighted by Gasteiger charge is 2.10. The molecule has 100 valence electrons. The van der Waals surface area contributed by atoms with Crippen molar-refractivity contribution in [3.63, 3.8) is 0 Å². The van der Waals surface area contributed by atoms with Crippen molar-refractivity contribution in [1.29, 1.82) is 0 Å². The molecule has 0 atom stereocenters. The van der Waals surface area contributed by atoms with E-state index >= 15 is 0 Å². The molecule has 0 saturated heterocycles. The normalized spacial score (nSPS) is 10.7. The molecule has 0 aliphatic heterocycles. The van der Waals surface area contributed by atoms with Gasteiger partial charge in [-0.25, -0.2) is 0 Å². The molecule has 2 rings (SSSR count). The lowest BCUT2D eigenvalue weighted by molar-refractivity contribution is -0.115. The van der Waals surface area contributed by atoms with E-state index in [-0.39, 0.29) is 12.3 Å². The SMILES string of the molecule is Cc1cc(CC(=O)Nc2ccccc2C(C)C)n[nH]1. The Morgan fingerprint density at radius 2 is 2.11 bits per heavy atom. The maximum absolute atomic E-state index is 12.0. The monoisotopic (exact) mass is 257 g/mol. The summed E-state index contributed by atoms with van der Waals surface area (Å²) in [5.74, 6) is 0.337. The zero-order valence-corrected chi connectivity index (χ0v) is 11.5. The number of hydrogen-bond acceptors (Lipinski definition) is 2. The van der Waals surface area contributed by atoms with Gasteiger partial charge in [0, 0.05) is 11.4 Å². The lowest BCUT2D eigenvalue weighted by Crippen LogP contribution is -2.16. The second kappa shape index (κ2) is 5.69. The van der Waals surface area contributed by atoms with Crippen LogP contribution in [0.4, 0.5) is 5.69 Å². The molecule has 19 heavy (non-hydrogen) atoms. The Morgan fingerprint density at radius 1 is 1.37 bits per heavy atom. The highest BCUT2D eigenvalue weighted by atomic mass is 16.1. The number of nitrogens with one attached hydrogen (secondary N) is 2. The fraction of sp³-hybridized carbons (Fsp3) is 0.333. The van der Waals surface area contributed by atoms with Crippen molar-refractivity contribution in [2.24, 2.45) is 0 Å². The molecule has 2 N–H and O–H groups in total. The van der Waals surface area contributed by atoms with Crippen LogP contribution in [0.15, 0.2) is 30.3 Å². The van der Waals surface area contributed by atoms with Crippen LogP contribution in [-0.4, -0.2) is 16.1 Å². The van der Waals surface area contributed by atoms with Crippen LogP contribution in [0, 0.1) is 6.92 Å². The quantitative estimate of drug-likeness (QED) is 0.884. The van der Waals surface area contributed by atoms with Crippen LogP contribution in [0.5, 0.6) is 0 Å². The van der Waals surface area contributed by atoms with Crippen LogP contribution in [0.1, 0.15) is 36.7 Å². The largest absolute Gasteiger partial charge is 0.325 e. The maximum Gasteiger partial charge on any atom is 0.230 e. The summed E-state index contributed by atoms with van der Waals surface area (Å²) < 4.78 is 0. The number of aryl methyl sites for hydroxylation is 1. The average Bonchev–Trinajstić information content (AvgIpc) is 2.75. The Kier molecular flexibility index (Phi) is 4.00. The molecule has 1 amide bonds. The van der Waals surface area contributed by atoms with Crippen LogP contribution >= 0.6 is 0 Å². The first-order valence-electron chi connectivity index (χ1n) is 6.46. The smallest absolute Gasteiger partial charge is 0.230 e. The number of rotatable bonds is 4. The van der Waals surface area contributed by atoms with Crippen LogP contribution in [0.25, 0.3) is 0 Å². The van der Waals surface area contributed by atoms with Gasteiger partial charge in [0.15, 0.2) is 0 Å². The van der Waals surface area contributed by atoms with E-state index in [2.05, 4.69) is 29.4 Å². The van der Waals surface area contributed by atoms with Gasteiger partial charge in [-0.05, 0) is 30.5 Å². The summed E-state index contributed by atoms with van der Waals surface area (Å²) in [6.07, 6.45) is 0.288. The summed E-state index contributed by atoms with van der Waals surface area (Å²) in [4.78, 5) is 12.0. The fourth-order valence-corrected chi connectivity index (χ4v) is 2.04. The topological polar surface area (TPSA) is 57.8 Å². The summed E-state index contributed by atoms with van der Waals surface area (Å²) in [6.45, 7) is 6.15. The lowest BCUT2D eigenvalue weighted by atomic mass is 10.0. The zero-order chi connectivity index (χ0) is 13.8. The van der Waals surface area contributed by atoms with Crippen LogP contribution in [-0.2, 0) is 11.2 Å². The molecule has 0 aliphatic carbocycles. The van der Waals surface area contributed by atoms with E-state index in [9.17, 15) is 4.79 Å². The third-order valence-electron chi connectivity index (χ3n) is 2.96. The van der Waals surface area contributed by atoms with Gasteiger partial charge in [-0.3, -0.25) is 9.89 Å². The minimum Gasteiger partial charge on any atom is -0.325 e. The summed E-state index contributed by atoms with van der Waals surface area (Å²) in [6, 6.07) is 9.78. The second-order valence-corrected chi connectivity index (χ2v) is 5.01. The van der Waals surface area contributed by atoms with E-state index in [1.807, 2.05) is 37.3 Å². The van der Waals surface area contributed by atoms with E-state index in [1.165, 1.54) is 0 Å². The van der Waals surface area contributed by atoms with E-state index in [0.717, 1.165) is 22.6 Å². The predicted octanol–water partition coefficient (Wildman–Crippen LogP) is 3.02. The lowest BCUT2D eigenvalue weighted by Gasteiger charge is -2.13. The molecule has 0 saturated carbocycles. The highest BCUT2D eigenvalue weighted by molar-refractivity contribution is 5.92. The van der Waals surface area contributed by atoms with Crippen molar-refractivity contribution in [3.05, 3.63) is 47.3 Å². The third kappa shape index (κ3) is 3.44. The van der Waals surface area contributed by atoms with Gasteiger partial charge in [-0.15, -0.1) is 0 Å². The first-order chi connectivity index (χ1) is 9.06. The molecular weight excluding hydrogens is 238 g/mol. The Morgan fingerprint density at radius 3 is 2.74 bits per heavy atom. The molecule has 0 unspecified atom stereocenters. The number of anilines is 1. The van der Waals surface area contributed by atoms with Crippen molar-refractivity contribution >= 4 is 11.6 Å². The number of hydrogen-bond donors (Lipinski definition) is 2. The summed E-state index contributed by atoms with van der Waals surface area (Å²) in [5, 5.41) is 9.86. The minimum absolute atomic E-state index is 0.0420. The Bertz CT molecular complexity index is 572. The number of aromatic nitrogens is 2. The van der Waals surface area contributed by atoms with Gasteiger partial charge in [0.2, 0.25) is 5.91 Å². The molecule has 0 radical (unpaired) electrons. The minimum atomic E-state index is -0.0420. The van der Waals surface area contributed by atoms with Gasteiger partial charge in [-0.1, -0.05) is 32.0 Å². The predicted molar refractivity (Wildman–Crippen MR) is 76.2 cm³/mol. The molecule has 0 bridgehead atoms.